The van der Waals surface area contributed by atoms with Crippen molar-refractivity contribution >= 4 is 46.0 Å². The van der Waals surface area contributed by atoms with E-state index in [1.807, 2.05) is 13.8 Å². The summed E-state index contributed by atoms with van der Waals surface area (Å²) in [5.74, 6) is -8.81. The average Bonchev–Trinajstić information content (AvgIpc) is 3.57. The van der Waals surface area contributed by atoms with Crippen LogP contribution in [0.1, 0.15) is 89.4 Å². The van der Waals surface area contributed by atoms with Gasteiger partial charge in [-0.2, -0.15) is 5.10 Å². The quantitative estimate of drug-likeness (QED) is 0.0364. The van der Waals surface area contributed by atoms with E-state index < -0.39 is 93.7 Å². The van der Waals surface area contributed by atoms with E-state index in [1.54, 1.807) is 57.0 Å². The molecule has 2 unspecified atom stereocenters. The number of hydrazone groups is 1. The van der Waals surface area contributed by atoms with Gasteiger partial charge in [0.15, 0.2) is 5.75 Å². The average molecular weight is 972 g/mol. The van der Waals surface area contributed by atoms with Gasteiger partial charge in [0.25, 0.3) is 17.4 Å². The molecule has 3 aromatic rings. The van der Waals surface area contributed by atoms with E-state index in [9.17, 15) is 50.0 Å². The highest BCUT2D eigenvalue weighted by atomic mass is 16.7. The van der Waals surface area contributed by atoms with E-state index in [0.717, 1.165) is 5.56 Å². The van der Waals surface area contributed by atoms with Crippen molar-refractivity contribution in [2.75, 3.05) is 25.5 Å². The molecule has 1 amide bonds. The number of anilines is 1. The molecule has 378 valence electrons. The number of ketones is 1. The molecule has 1 fully saturated rings. The van der Waals surface area contributed by atoms with E-state index in [-0.39, 0.29) is 62.2 Å². The predicted octanol–water partition coefficient (Wildman–Crippen LogP) is 6.59. The number of Topliss-reactive ketones (excluding diaryl/α,β-unsaturated/α-hetero) is 1. The second-order valence-electron chi connectivity index (χ2n) is 19.1. The summed E-state index contributed by atoms with van der Waals surface area (Å²) < 4.78 is 23.8. The van der Waals surface area contributed by atoms with Crippen molar-refractivity contribution in [1.29, 1.82) is 0 Å². The molecule has 0 spiro atoms. The first kappa shape index (κ1) is 52.8. The molecule has 11 atom stereocenters. The Morgan fingerprint density at radius 2 is 1.59 bits per heavy atom. The summed E-state index contributed by atoms with van der Waals surface area (Å²) in [6, 6.07) is 5.91. The normalized spacial score (nSPS) is 30.9. The molecule has 7 rings (SSSR count). The van der Waals surface area contributed by atoms with Crippen LogP contribution in [0.5, 0.6) is 23.0 Å². The van der Waals surface area contributed by atoms with Gasteiger partial charge in [-0.25, -0.2) is 0 Å². The number of phenols is 3. The van der Waals surface area contributed by atoms with E-state index in [0.29, 0.717) is 19.6 Å². The Labute approximate surface area is 406 Å². The summed E-state index contributed by atoms with van der Waals surface area (Å²) in [7, 11) is 1.43. The Morgan fingerprint density at radius 1 is 0.943 bits per heavy atom. The fourth-order valence-corrected chi connectivity index (χ4v) is 9.76. The van der Waals surface area contributed by atoms with E-state index in [4.69, 9.17) is 24.0 Å². The highest BCUT2D eigenvalue weighted by molar-refractivity contribution is 6.23. The highest BCUT2D eigenvalue weighted by Crippen LogP contribution is 2.55. The number of amides is 1. The number of aliphatic hydroxyl groups is 2. The molecule has 70 heavy (non-hydrogen) atoms. The van der Waals surface area contributed by atoms with Crippen LogP contribution < -0.4 is 10.1 Å². The third-order valence-corrected chi connectivity index (χ3v) is 13.9. The van der Waals surface area contributed by atoms with Crippen molar-refractivity contribution in [1.82, 2.24) is 9.91 Å². The van der Waals surface area contributed by atoms with Gasteiger partial charge in [-0.1, -0.05) is 58.1 Å². The molecular weight excluding hydrogens is 907 g/mol. The summed E-state index contributed by atoms with van der Waals surface area (Å²) in [6.45, 7) is 17.9. The van der Waals surface area contributed by atoms with Crippen LogP contribution in [0.4, 0.5) is 11.4 Å². The van der Waals surface area contributed by atoms with E-state index in [1.165, 1.54) is 71.6 Å². The number of nitrogens with one attached hydrogen (secondary N) is 1. The number of methoxy groups -OCH3 is 1. The van der Waals surface area contributed by atoms with Gasteiger partial charge in [-0.3, -0.25) is 34.4 Å². The molecule has 3 aromatic carbocycles. The Morgan fingerprint density at radius 3 is 2.19 bits per heavy atom. The van der Waals surface area contributed by atoms with Crippen LogP contribution in [-0.2, 0) is 30.3 Å². The molecular formula is C51H65N5O14. The number of esters is 1. The van der Waals surface area contributed by atoms with Crippen LogP contribution in [0.3, 0.4) is 0 Å². The number of phenolic OH excluding ortho intramolecular Hbond substituents is 3. The van der Waals surface area contributed by atoms with Gasteiger partial charge in [-0.15, -0.1) is 0 Å². The lowest BCUT2D eigenvalue weighted by Gasteiger charge is -2.42. The van der Waals surface area contributed by atoms with Crippen molar-refractivity contribution in [2.45, 2.75) is 118 Å². The summed E-state index contributed by atoms with van der Waals surface area (Å²) in [5.41, 5.74) is 0.292. The minimum atomic E-state index is -2.10. The fourth-order valence-electron chi connectivity index (χ4n) is 9.76. The summed E-state index contributed by atoms with van der Waals surface area (Å²) >= 11 is 0. The van der Waals surface area contributed by atoms with E-state index >= 15 is 0 Å². The van der Waals surface area contributed by atoms with Crippen molar-refractivity contribution < 1.29 is 63.8 Å². The van der Waals surface area contributed by atoms with E-state index in [2.05, 4.69) is 10.2 Å². The minimum absolute atomic E-state index is 0.00438. The summed E-state index contributed by atoms with van der Waals surface area (Å²) in [5, 5.41) is 79.2. The number of hydrogen-bond acceptors (Lipinski definition) is 17. The number of ether oxygens (including phenoxy) is 4. The van der Waals surface area contributed by atoms with Gasteiger partial charge < -0.3 is 49.8 Å². The number of aromatic hydroxyl groups is 3. The predicted molar refractivity (Wildman–Crippen MR) is 261 cm³/mol. The number of aliphatic hydroxyl groups excluding tert-OH is 2. The number of piperazine rings is 1. The van der Waals surface area contributed by atoms with Crippen molar-refractivity contribution in [2.24, 2.45) is 28.8 Å². The maximum atomic E-state index is 14.7. The Hall–Kier alpha value is -6.54. The third-order valence-electron chi connectivity index (χ3n) is 13.9. The number of fused-ring (bicyclic) bond motifs is 14. The first-order chi connectivity index (χ1) is 32.9. The van der Waals surface area contributed by atoms with Gasteiger partial charge in [0.1, 0.15) is 23.4 Å². The van der Waals surface area contributed by atoms with Crippen LogP contribution in [0.25, 0.3) is 10.8 Å². The molecule has 1 saturated heterocycles. The second-order valence-corrected chi connectivity index (χ2v) is 19.1. The lowest BCUT2D eigenvalue weighted by Crippen LogP contribution is -2.54. The van der Waals surface area contributed by atoms with Crippen LogP contribution in [0.15, 0.2) is 65.5 Å². The van der Waals surface area contributed by atoms with Crippen LogP contribution in [0, 0.1) is 40.7 Å². The van der Waals surface area contributed by atoms with Crippen LogP contribution in [-0.4, -0.2) is 127 Å². The summed E-state index contributed by atoms with van der Waals surface area (Å²) in [6.07, 6.45) is 4.63. The molecule has 19 nitrogen and oxygen atoms in total. The number of allylic oxidation sites excluding steroid dienone is 2. The van der Waals surface area contributed by atoms with Crippen molar-refractivity contribution in [3.05, 3.63) is 92.8 Å². The number of rotatable bonds is 7. The zero-order valence-electron chi connectivity index (χ0n) is 41.4. The number of carbonyl (C=O) groups excluding carboxylic acids is 3. The van der Waals surface area contributed by atoms with Gasteiger partial charge in [0, 0.05) is 92.9 Å². The molecule has 4 heterocycles. The minimum Gasteiger partial charge on any atom is -0.507 e. The number of nitro benzene ring substituents is 1. The lowest BCUT2D eigenvalue weighted by atomic mass is 9.78. The van der Waals surface area contributed by atoms with Crippen molar-refractivity contribution in [3.63, 3.8) is 0 Å². The van der Waals surface area contributed by atoms with Gasteiger partial charge in [-0.05, 0) is 39.3 Å². The number of non-ortho nitro benzene ring substituents is 1. The number of benzene rings is 3. The first-order valence-electron chi connectivity index (χ1n) is 23.3. The molecule has 6 N–H and O–H groups in total. The molecule has 0 aromatic heterocycles. The Kier molecular flexibility index (Phi) is 16.0. The van der Waals surface area contributed by atoms with Crippen molar-refractivity contribution in [3.8, 4) is 23.0 Å². The number of carbonyl (C=O) groups is 3. The molecule has 5 bridgehead atoms. The number of nitro groups is 1. The zero-order valence-corrected chi connectivity index (χ0v) is 41.4. The molecule has 19 heteroatoms. The fraction of sp³-hybridized carbons (Fsp3) is 0.490. The smallest absolute Gasteiger partial charge is 0.312 e. The standard InChI is InChI=1S/C51H65N5O14/c1-25-13-12-14-26(2)50(64)53-41-36(21-52-55-27(3)22-54(23-28(55)4)24-34-15-17-35(18-16-34)56(65)66)45(61)38-39(46(41)62)44(60)32(8)48-40(38)49(63)51(10,70-48)68-20-19-37(67-11)29(5)47(69-33(9)57)31(7)43(59)30(6)42(25)58/h12-21,25,27-31,37,42-43,47,58-62H,22-24H2,1-11H3,(H,53,64)/b13-12+,20-19+,26-14-,52-21+/t25-,27?,28?,29+,30+,31+,37-,42-,43+,47+,51-/m0/s1. The third kappa shape index (κ3) is 10.5. The molecule has 0 aliphatic carbocycles. The SMILES string of the molecule is CO[C@H]1/C=C/O[C@@]2(C)Oc3c(C)c(O)c4c(O)c(c(/C=N/N5C(C)CN(Cc6ccc([N+](=O)[O-])cc6)CC5C)c(O)c4c3C2=O)NC(=O)/C(C)=C\C=C\[C@H](C)[C@H](O)[C@@H](C)[C@@H](O)[C@@H](C)[C@H](OC(C)=O)[C@@H]1C. The van der Waals surface area contributed by atoms with Gasteiger partial charge >= 0.3 is 11.8 Å². The monoisotopic (exact) mass is 971 g/mol. The number of hydrogen-bond donors (Lipinski definition) is 6. The van der Waals surface area contributed by atoms with Gasteiger partial charge in [0.2, 0.25) is 0 Å². The maximum Gasteiger partial charge on any atom is 0.312 e. The largest absolute Gasteiger partial charge is 0.507 e. The van der Waals surface area contributed by atoms with Gasteiger partial charge in [0.05, 0.1) is 70.0 Å². The highest BCUT2D eigenvalue weighted by Gasteiger charge is 2.50. The Bertz CT molecular complexity index is 2620. The lowest BCUT2D eigenvalue weighted by molar-refractivity contribution is -0.384. The first-order valence-corrected chi connectivity index (χ1v) is 23.3. The van der Waals surface area contributed by atoms with Crippen LogP contribution >= 0.6 is 0 Å². The summed E-state index contributed by atoms with van der Waals surface area (Å²) in [4.78, 5) is 54.0. The molecule has 0 saturated carbocycles. The maximum absolute atomic E-state index is 14.7. The molecule has 4 aliphatic rings. The Balaban J connectivity index is 1.46. The zero-order chi connectivity index (χ0) is 51.7. The number of nitrogens with zero attached hydrogens (tertiary/aromatic N) is 4. The molecule has 0 radical (unpaired) electrons. The molecule has 4 aliphatic heterocycles. The van der Waals surface area contributed by atoms with Crippen LogP contribution in [0.2, 0.25) is 0 Å². The topological polar surface area (TPSA) is 263 Å². The second kappa shape index (κ2) is 21.2.